The number of ether oxygens (including phenoxy) is 1. The van der Waals surface area contributed by atoms with E-state index in [1.807, 2.05) is 25.1 Å². The van der Waals surface area contributed by atoms with Crippen LogP contribution in [0.3, 0.4) is 0 Å². The minimum absolute atomic E-state index is 0.293. The minimum atomic E-state index is -0.293. The molecular weight excluding hydrogens is 152 g/mol. The Bertz CT molecular complexity index is 377. The Morgan fingerprint density at radius 3 is 2.83 bits per heavy atom. The van der Waals surface area contributed by atoms with Crippen LogP contribution in [0.25, 0.3) is 5.76 Å². The van der Waals surface area contributed by atoms with E-state index in [1.54, 1.807) is 0 Å². The van der Waals surface area contributed by atoms with Gasteiger partial charge >= 0.3 is 5.97 Å². The fourth-order valence-electron chi connectivity index (χ4n) is 1.29. The molecule has 1 aliphatic rings. The van der Waals surface area contributed by atoms with Crippen molar-refractivity contribution in [1.82, 2.24) is 0 Å². The van der Waals surface area contributed by atoms with Crippen molar-refractivity contribution in [3.05, 3.63) is 41.5 Å². The van der Waals surface area contributed by atoms with Gasteiger partial charge in [0, 0.05) is 5.56 Å². The summed E-state index contributed by atoms with van der Waals surface area (Å²) in [6.45, 7) is 5.57. The Balaban J connectivity index is 2.68. The molecule has 1 aliphatic heterocycles. The van der Waals surface area contributed by atoms with E-state index in [4.69, 9.17) is 4.74 Å². The van der Waals surface area contributed by atoms with Crippen LogP contribution in [-0.2, 0) is 4.74 Å². The van der Waals surface area contributed by atoms with Crippen LogP contribution in [-0.4, -0.2) is 5.97 Å². The lowest BCUT2D eigenvalue weighted by Crippen LogP contribution is -1.93. The van der Waals surface area contributed by atoms with Crippen molar-refractivity contribution in [3.8, 4) is 0 Å². The van der Waals surface area contributed by atoms with Gasteiger partial charge in [0.2, 0.25) is 0 Å². The summed E-state index contributed by atoms with van der Waals surface area (Å²) in [5, 5.41) is 0. The first kappa shape index (κ1) is 7.10. The molecule has 1 heterocycles. The predicted octanol–water partition coefficient (Wildman–Crippen LogP) is 2.14. The summed E-state index contributed by atoms with van der Waals surface area (Å²) in [6.07, 6.45) is 0. The van der Waals surface area contributed by atoms with Crippen LogP contribution in [0.15, 0.2) is 24.8 Å². The second-order valence-corrected chi connectivity index (χ2v) is 2.86. The zero-order chi connectivity index (χ0) is 8.72. The smallest absolute Gasteiger partial charge is 0.344 e. The van der Waals surface area contributed by atoms with Crippen LogP contribution in [0.5, 0.6) is 0 Å². The first-order valence-electron chi connectivity index (χ1n) is 3.70. The number of fused-ring (bicyclic) bond motifs is 1. The van der Waals surface area contributed by atoms with Crippen LogP contribution in [0.2, 0.25) is 0 Å². The maximum absolute atomic E-state index is 11.1. The summed E-state index contributed by atoms with van der Waals surface area (Å²) in [4.78, 5) is 11.1. The van der Waals surface area contributed by atoms with Crippen molar-refractivity contribution < 1.29 is 9.53 Å². The van der Waals surface area contributed by atoms with E-state index < -0.39 is 0 Å². The Labute approximate surface area is 70.5 Å². The summed E-state index contributed by atoms with van der Waals surface area (Å²) in [5.41, 5.74) is 2.49. The van der Waals surface area contributed by atoms with E-state index in [0.29, 0.717) is 11.3 Å². The van der Waals surface area contributed by atoms with Crippen LogP contribution >= 0.6 is 0 Å². The Morgan fingerprint density at radius 1 is 1.33 bits per heavy atom. The van der Waals surface area contributed by atoms with Gasteiger partial charge in [0.1, 0.15) is 5.76 Å². The third-order valence-corrected chi connectivity index (χ3v) is 1.91. The largest absolute Gasteiger partial charge is 0.423 e. The lowest BCUT2D eigenvalue weighted by Gasteiger charge is -1.94. The topological polar surface area (TPSA) is 26.3 Å². The molecule has 2 heteroatoms. The Morgan fingerprint density at radius 2 is 2.08 bits per heavy atom. The van der Waals surface area contributed by atoms with Crippen LogP contribution < -0.4 is 0 Å². The first-order chi connectivity index (χ1) is 5.68. The number of hydrogen-bond donors (Lipinski definition) is 0. The van der Waals surface area contributed by atoms with Crippen LogP contribution in [0.4, 0.5) is 0 Å². The zero-order valence-electron chi connectivity index (χ0n) is 6.76. The van der Waals surface area contributed by atoms with Gasteiger partial charge in [0.25, 0.3) is 0 Å². The van der Waals surface area contributed by atoms with E-state index in [2.05, 4.69) is 6.58 Å². The summed E-state index contributed by atoms with van der Waals surface area (Å²) in [7, 11) is 0. The molecule has 0 spiro atoms. The molecule has 0 saturated carbocycles. The highest BCUT2D eigenvalue weighted by molar-refractivity contribution is 6.02. The molecule has 0 fully saturated rings. The fourth-order valence-corrected chi connectivity index (χ4v) is 1.29. The number of rotatable bonds is 0. The molecule has 0 radical (unpaired) electrons. The van der Waals surface area contributed by atoms with Gasteiger partial charge in [0.15, 0.2) is 0 Å². The third kappa shape index (κ3) is 0.848. The van der Waals surface area contributed by atoms with E-state index in [1.165, 1.54) is 0 Å². The minimum Gasteiger partial charge on any atom is -0.423 e. The summed E-state index contributed by atoms with van der Waals surface area (Å²) < 4.78 is 4.85. The number of cyclic esters (lactones) is 1. The van der Waals surface area contributed by atoms with Crippen molar-refractivity contribution >= 4 is 11.7 Å². The van der Waals surface area contributed by atoms with E-state index >= 15 is 0 Å². The molecule has 0 aliphatic carbocycles. The highest BCUT2D eigenvalue weighted by Gasteiger charge is 2.24. The van der Waals surface area contributed by atoms with Gasteiger partial charge in [0.05, 0.1) is 5.56 Å². The van der Waals surface area contributed by atoms with E-state index in [0.717, 1.165) is 11.1 Å². The maximum atomic E-state index is 11.1. The average molecular weight is 160 g/mol. The predicted molar refractivity (Wildman–Crippen MR) is 45.6 cm³/mol. The van der Waals surface area contributed by atoms with Crippen molar-refractivity contribution in [2.75, 3.05) is 0 Å². The number of esters is 1. The summed E-state index contributed by atoms with van der Waals surface area (Å²) in [6, 6.07) is 5.61. The zero-order valence-corrected chi connectivity index (χ0v) is 6.76. The second kappa shape index (κ2) is 2.21. The summed E-state index contributed by atoms with van der Waals surface area (Å²) in [5.74, 6) is 0.161. The molecule has 0 amide bonds. The van der Waals surface area contributed by atoms with Crippen molar-refractivity contribution in [2.24, 2.45) is 0 Å². The number of carbonyl (C=O) groups excluding carboxylic acids is 1. The van der Waals surface area contributed by atoms with Crippen LogP contribution in [0.1, 0.15) is 21.5 Å². The highest BCUT2D eigenvalue weighted by Crippen LogP contribution is 2.28. The normalized spacial score (nSPS) is 14.4. The standard InChI is InChI=1S/C10H8O2/c1-6-3-4-8-7(2)12-10(11)9(8)5-6/h3-5H,2H2,1H3. The number of hydrogen-bond acceptors (Lipinski definition) is 2. The van der Waals surface area contributed by atoms with Gasteiger partial charge in [-0.05, 0) is 13.0 Å². The van der Waals surface area contributed by atoms with E-state index in [9.17, 15) is 4.79 Å². The van der Waals surface area contributed by atoms with Crippen molar-refractivity contribution in [2.45, 2.75) is 6.92 Å². The number of carbonyl (C=O) groups is 1. The SMILES string of the molecule is C=C1OC(=O)c2cc(C)ccc21. The quantitative estimate of drug-likeness (QED) is 0.543. The van der Waals surface area contributed by atoms with Gasteiger partial charge in [-0.25, -0.2) is 4.79 Å². The Hall–Kier alpha value is -1.57. The summed E-state index contributed by atoms with van der Waals surface area (Å²) >= 11 is 0. The molecule has 0 unspecified atom stereocenters. The molecule has 2 rings (SSSR count). The van der Waals surface area contributed by atoms with Gasteiger partial charge in [-0.15, -0.1) is 0 Å². The lowest BCUT2D eigenvalue weighted by molar-refractivity contribution is 0.0716. The van der Waals surface area contributed by atoms with Gasteiger partial charge in [-0.3, -0.25) is 0 Å². The van der Waals surface area contributed by atoms with E-state index in [-0.39, 0.29) is 5.97 Å². The Kier molecular flexibility index (Phi) is 1.30. The van der Waals surface area contributed by atoms with Crippen molar-refractivity contribution in [1.29, 1.82) is 0 Å². The van der Waals surface area contributed by atoms with Gasteiger partial charge < -0.3 is 4.74 Å². The molecule has 0 N–H and O–H groups in total. The van der Waals surface area contributed by atoms with Gasteiger partial charge in [-0.1, -0.05) is 24.3 Å². The molecule has 2 nitrogen and oxygen atoms in total. The molecule has 0 atom stereocenters. The molecule has 0 bridgehead atoms. The molecule has 60 valence electrons. The lowest BCUT2D eigenvalue weighted by atomic mass is 10.1. The second-order valence-electron chi connectivity index (χ2n) is 2.86. The maximum Gasteiger partial charge on any atom is 0.344 e. The monoisotopic (exact) mass is 160 g/mol. The molecule has 0 aromatic heterocycles. The number of benzene rings is 1. The van der Waals surface area contributed by atoms with Crippen LogP contribution in [0, 0.1) is 6.92 Å². The van der Waals surface area contributed by atoms with Crippen molar-refractivity contribution in [3.63, 3.8) is 0 Å². The van der Waals surface area contributed by atoms with Gasteiger partial charge in [-0.2, -0.15) is 0 Å². The molecule has 0 saturated heterocycles. The molecule has 1 aromatic rings. The molecule has 12 heavy (non-hydrogen) atoms. The molecule has 1 aromatic carbocycles. The highest BCUT2D eigenvalue weighted by atomic mass is 16.5. The fraction of sp³-hybridized carbons (Fsp3) is 0.100. The number of aryl methyl sites for hydroxylation is 1. The third-order valence-electron chi connectivity index (χ3n) is 1.91. The molecular formula is C10H8O2. The first-order valence-corrected chi connectivity index (χ1v) is 3.70. The average Bonchev–Trinajstić information content (AvgIpc) is 2.28.